The number of nitrogens with zero attached hydrogens (tertiary/aromatic N) is 3. The van der Waals surface area contributed by atoms with Crippen LogP contribution in [-0.2, 0) is 13.0 Å². The fraction of sp³-hybridized carbons (Fsp3) is 0.500. The molecule has 0 aliphatic carbocycles. The quantitative estimate of drug-likeness (QED) is 0.457. The Balaban J connectivity index is 1.47. The van der Waals surface area contributed by atoms with Crippen LogP contribution < -0.4 is 24.8 Å². The summed E-state index contributed by atoms with van der Waals surface area (Å²) in [4.78, 5) is 11.3. The molecule has 2 N–H and O–H groups in total. The van der Waals surface area contributed by atoms with Gasteiger partial charge in [-0.05, 0) is 31.4 Å². The summed E-state index contributed by atoms with van der Waals surface area (Å²) < 4.78 is 16.4. The van der Waals surface area contributed by atoms with Crippen LogP contribution in [0.5, 0.6) is 17.2 Å². The van der Waals surface area contributed by atoms with E-state index in [-0.39, 0.29) is 0 Å². The van der Waals surface area contributed by atoms with E-state index in [4.69, 9.17) is 14.2 Å². The highest BCUT2D eigenvalue weighted by atomic mass is 16.5. The third-order valence-electron chi connectivity index (χ3n) is 5.75. The van der Waals surface area contributed by atoms with Gasteiger partial charge in [0, 0.05) is 63.2 Å². The Morgan fingerprint density at radius 1 is 1.09 bits per heavy atom. The molecule has 174 valence electrons. The van der Waals surface area contributed by atoms with Gasteiger partial charge >= 0.3 is 0 Å². The predicted octanol–water partition coefficient (Wildman–Crippen LogP) is 2.48. The topological polar surface area (TPSA) is 80.2 Å². The molecule has 3 rings (SSSR count). The Kier molecular flexibility index (Phi) is 8.98. The number of benzene rings is 1. The van der Waals surface area contributed by atoms with Gasteiger partial charge in [-0.1, -0.05) is 6.07 Å². The first kappa shape index (κ1) is 23.7. The monoisotopic (exact) mass is 441 g/mol. The molecular formula is C24H35N5O3. The molecule has 0 spiro atoms. The van der Waals surface area contributed by atoms with Crippen molar-refractivity contribution in [3.63, 3.8) is 0 Å². The highest BCUT2D eigenvalue weighted by Gasteiger charge is 2.20. The largest absolute Gasteiger partial charge is 0.496 e. The second kappa shape index (κ2) is 12.1. The molecule has 0 radical (unpaired) electrons. The van der Waals surface area contributed by atoms with E-state index in [1.807, 2.05) is 30.5 Å². The Morgan fingerprint density at radius 2 is 1.81 bits per heavy atom. The zero-order valence-corrected chi connectivity index (χ0v) is 19.6. The Labute approximate surface area is 191 Å². The molecule has 1 saturated heterocycles. The van der Waals surface area contributed by atoms with Crippen molar-refractivity contribution < 1.29 is 14.2 Å². The molecule has 1 aromatic heterocycles. The molecule has 1 aliphatic rings. The number of hydrogen-bond acceptors (Lipinski definition) is 6. The lowest BCUT2D eigenvalue weighted by molar-refractivity contribution is 0.196. The molecule has 0 unspecified atom stereocenters. The molecule has 1 aliphatic heterocycles. The van der Waals surface area contributed by atoms with Crippen molar-refractivity contribution in [3.8, 4) is 17.2 Å². The van der Waals surface area contributed by atoms with Crippen molar-refractivity contribution in [1.29, 1.82) is 0 Å². The summed E-state index contributed by atoms with van der Waals surface area (Å²) in [6.45, 7) is 3.71. The van der Waals surface area contributed by atoms with E-state index in [1.165, 1.54) is 0 Å². The minimum absolute atomic E-state index is 0.409. The molecule has 2 heterocycles. The van der Waals surface area contributed by atoms with Crippen molar-refractivity contribution >= 4 is 5.96 Å². The number of pyridine rings is 1. The van der Waals surface area contributed by atoms with E-state index in [9.17, 15) is 0 Å². The number of aliphatic imine (C=N–C) groups is 1. The van der Waals surface area contributed by atoms with Gasteiger partial charge in [-0.3, -0.25) is 14.9 Å². The smallest absolute Gasteiger partial charge is 0.191 e. The van der Waals surface area contributed by atoms with E-state index in [0.29, 0.717) is 18.3 Å². The summed E-state index contributed by atoms with van der Waals surface area (Å²) in [5.74, 6) is 3.04. The van der Waals surface area contributed by atoms with Crippen LogP contribution in [0.3, 0.4) is 0 Å². The van der Waals surface area contributed by atoms with Crippen LogP contribution in [-0.4, -0.2) is 69.9 Å². The maximum atomic E-state index is 5.55. The SMILES string of the molecule is CN=C(NCCc1c(OC)cc(OC)cc1OC)NC1CCN(Cc2ccccn2)CC1. The zero-order chi connectivity index (χ0) is 22.8. The first-order chi connectivity index (χ1) is 15.7. The Bertz CT molecular complexity index is 842. The molecule has 0 amide bonds. The van der Waals surface area contributed by atoms with Gasteiger partial charge in [0.2, 0.25) is 0 Å². The average Bonchev–Trinajstić information content (AvgIpc) is 2.84. The Hall–Kier alpha value is -3.00. The molecule has 0 atom stereocenters. The molecule has 0 saturated carbocycles. The summed E-state index contributed by atoms with van der Waals surface area (Å²) in [5.41, 5.74) is 2.13. The maximum absolute atomic E-state index is 5.55. The van der Waals surface area contributed by atoms with Gasteiger partial charge in [-0.15, -0.1) is 0 Å². The van der Waals surface area contributed by atoms with E-state index < -0.39 is 0 Å². The van der Waals surface area contributed by atoms with Crippen molar-refractivity contribution in [1.82, 2.24) is 20.5 Å². The number of guanidine groups is 1. The van der Waals surface area contributed by atoms with Crippen LogP contribution in [0, 0.1) is 0 Å². The summed E-state index contributed by atoms with van der Waals surface area (Å²) >= 11 is 0. The number of ether oxygens (including phenoxy) is 3. The molecule has 2 aromatic rings. The highest BCUT2D eigenvalue weighted by molar-refractivity contribution is 5.80. The van der Waals surface area contributed by atoms with E-state index >= 15 is 0 Å². The van der Waals surface area contributed by atoms with Crippen LogP contribution in [0.25, 0.3) is 0 Å². The third kappa shape index (κ3) is 6.50. The minimum atomic E-state index is 0.409. The average molecular weight is 442 g/mol. The zero-order valence-electron chi connectivity index (χ0n) is 19.6. The molecule has 8 nitrogen and oxygen atoms in total. The molecule has 0 bridgehead atoms. The van der Waals surface area contributed by atoms with E-state index in [1.54, 1.807) is 28.4 Å². The second-order valence-electron chi connectivity index (χ2n) is 7.78. The first-order valence-corrected chi connectivity index (χ1v) is 11.0. The van der Waals surface area contributed by atoms with Crippen LogP contribution in [0.15, 0.2) is 41.5 Å². The lowest BCUT2D eigenvalue weighted by Crippen LogP contribution is -2.48. The molecule has 1 aromatic carbocycles. The van der Waals surface area contributed by atoms with Gasteiger partial charge in [0.15, 0.2) is 5.96 Å². The predicted molar refractivity (Wildman–Crippen MR) is 127 cm³/mol. The molecular weight excluding hydrogens is 406 g/mol. The third-order valence-corrected chi connectivity index (χ3v) is 5.75. The number of rotatable bonds is 9. The molecule has 32 heavy (non-hydrogen) atoms. The number of nitrogens with one attached hydrogen (secondary N) is 2. The normalized spacial score (nSPS) is 15.3. The molecule has 1 fully saturated rings. The van der Waals surface area contributed by atoms with Gasteiger partial charge < -0.3 is 24.8 Å². The van der Waals surface area contributed by atoms with Crippen LogP contribution in [0.1, 0.15) is 24.1 Å². The summed E-state index contributed by atoms with van der Waals surface area (Å²) in [6.07, 6.45) is 4.75. The highest BCUT2D eigenvalue weighted by Crippen LogP contribution is 2.34. The van der Waals surface area contributed by atoms with Gasteiger partial charge in [0.25, 0.3) is 0 Å². The van der Waals surface area contributed by atoms with Crippen LogP contribution in [0.2, 0.25) is 0 Å². The van der Waals surface area contributed by atoms with Crippen molar-refractivity contribution in [2.45, 2.75) is 31.8 Å². The second-order valence-corrected chi connectivity index (χ2v) is 7.78. The summed E-state index contributed by atoms with van der Waals surface area (Å²) in [6, 6.07) is 10.3. The van der Waals surface area contributed by atoms with Gasteiger partial charge in [-0.2, -0.15) is 0 Å². The maximum Gasteiger partial charge on any atom is 0.191 e. The fourth-order valence-corrected chi connectivity index (χ4v) is 3.97. The fourth-order valence-electron chi connectivity index (χ4n) is 3.97. The molecule has 8 heteroatoms. The van der Waals surface area contributed by atoms with Gasteiger partial charge in [-0.25, -0.2) is 0 Å². The first-order valence-electron chi connectivity index (χ1n) is 11.0. The van der Waals surface area contributed by atoms with Crippen molar-refractivity contribution in [2.75, 3.05) is 48.0 Å². The van der Waals surface area contributed by atoms with Crippen molar-refractivity contribution in [3.05, 3.63) is 47.8 Å². The number of piperidine rings is 1. The minimum Gasteiger partial charge on any atom is -0.496 e. The number of aromatic nitrogens is 1. The van der Waals surface area contributed by atoms with Crippen LogP contribution in [0.4, 0.5) is 0 Å². The van der Waals surface area contributed by atoms with Crippen LogP contribution >= 0.6 is 0 Å². The van der Waals surface area contributed by atoms with Gasteiger partial charge in [0.05, 0.1) is 27.0 Å². The number of hydrogen-bond donors (Lipinski definition) is 2. The van der Waals surface area contributed by atoms with Gasteiger partial charge in [0.1, 0.15) is 17.2 Å². The number of likely N-dealkylation sites (tertiary alicyclic amines) is 1. The summed E-state index contributed by atoms with van der Waals surface area (Å²) in [5, 5.41) is 6.99. The number of methoxy groups -OCH3 is 3. The van der Waals surface area contributed by atoms with E-state index in [0.717, 1.165) is 67.6 Å². The lowest BCUT2D eigenvalue weighted by Gasteiger charge is -2.32. The summed E-state index contributed by atoms with van der Waals surface area (Å²) in [7, 11) is 6.76. The Morgan fingerprint density at radius 3 is 2.38 bits per heavy atom. The standard InChI is InChI=1S/C24H35N5O3/c1-25-24(27-12-8-21-22(31-3)15-20(30-2)16-23(21)32-4)28-18-9-13-29(14-10-18)17-19-7-5-6-11-26-19/h5-7,11,15-16,18H,8-10,12-14,17H2,1-4H3,(H2,25,27,28). The van der Waals surface area contributed by atoms with Crippen molar-refractivity contribution in [2.24, 2.45) is 4.99 Å². The van der Waals surface area contributed by atoms with E-state index in [2.05, 4.69) is 31.6 Å². The lowest BCUT2D eigenvalue weighted by atomic mass is 10.0.